The summed E-state index contributed by atoms with van der Waals surface area (Å²) >= 11 is 6.21. The molecule has 0 fully saturated rings. The van der Waals surface area contributed by atoms with Crippen LogP contribution in [0.5, 0.6) is 11.5 Å². The zero-order chi connectivity index (χ0) is 15.8. The maximum absolute atomic E-state index is 11.1. The first-order chi connectivity index (χ1) is 10.0. The molecular weight excluding hydrogens is 294 g/mol. The van der Waals surface area contributed by atoms with Crippen molar-refractivity contribution in [3.8, 4) is 11.5 Å². The van der Waals surface area contributed by atoms with Gasteiger partial charge < -0.3 is 19.9 Å². The molecule has 1 unspecified atom stereocenters. The average molecular weight is 316 g/mol. The summed E-state index contributed by atoms with van der Waals surface area (Å²) in [6.07, 6.45) is 0.442. The molecule has 0 saturated carbocycles. The number of benzene rings is 1. The lowest BCUT2D eigenvalue weighted by atomic mass is 10.2. The molecule has 0 heterocycles. The van der Waals surface area contributed by atoms with Crippen molar-refractivity contribution < 1.29 is 19.4 Å². The van der Waals surface area contributed by atoms with Gasteiger partial charge in [-0.25, -0.2) is 4.79 Å². The van der Waals surface area contributed by atoms with Gasteiger partial charge in [-0.15, -0.1) is 0 Å². The lowest BCUT2D eigenvalue weighted by Crippen LogP contribution is -2.26. The van der Waals surface area contributed by atoms with E-state index in [4.69, 9.17) is 26.2 Å². The Morgan fingerprint density at radius 2 is 2.14 bits per heavy atom. The van der Waals surface area contributed by atoms with Crippen molar-refractivity contribution in [3.05, 3.63) is 22.7 Å². The van der Waals surface area contributed by atoms with Crippen LogP contribution in [0.4, 0.5) is 0 Å². The fraction of sp³-hybridized carbons (Fsp3) is 0.533. The number of rotatable bonds is 9. The minimum Gasteiger partial charge on any atom is -0.493 e. The highest BCUT2D eigenvalue weighted by atomic mass is 35.5. The topological polar surface area (TPSA) is 67.8 Å². The third-order valence-electron chi connectivity index (χ3n) is 2.95. The molecule has 6 heteroatoms. The van der Waals surface area contributed by atoms with Gasteiger partial charge in [-0.3, -0.25) is 0 Å². The lowest BCUT2D eigenvalue weighted by molar-refractivity contribution is -0.145. The van der Waals surface area contributed by atoms with Crippen molar-refractivity contribution in [1.29, 1.82) is 0 Å². The summed E-state index contributed by atoms with van der Waals surface area (Å²) in [5.74, 6) is -0.313. The highest BCUT2D eigenvalue weighted by Gasteiger charge is 2.21. The fourth-order valence-electron chi connectivity index (χ4n) is 1.85. The molecule has 0 aliphatic carbocycles. The number of carboxylic acid groups (broad SMARTS) is 1. The van der Waals surface area contributed by atoms with Crippen LogP contribution in [0.2, 0.25) is 5.02 Å². The molecule has 21 heavy (non-hydrogen) atoms. The number of hydrogen-bond acceptors (Lipinski definition) is 4. The quantitative estimate of drug-likeness (QED) is 0.685. The molecule has 5 nitrogen and oxygen atoms in total. The van der Waals surface area contributed by atoms with E-state index >= 15 is 0 Å². The third-order valence-corrected chi connectivity index (χ3v) is 3.23. The Balaban J connectivity index is 2.96. The van der Waals surface area contributed by atoms with E-state index in [0.717, 1.165) is 18.5 Å². The Bertz CT molecular complexity index is 479. The lowest BCUT2D eigenvalue weighted by Gasteiger charge is -2.18. The van der Waals surface area contributed by atoms with E-state index in [2.05, 4.69) is 12.2 Å². The van der Waals surface area contributed by atoms with Crippen LogP contribution >= 0.6 is 11.6 Å². The monoisotopic (exact) mass is 315 g/mol. The van der Waals surface area contributed by atoms with Crippen LogP contribution in [-0.2, 0) is 11.3 Å². The van der Waals surface area contributed by atoms with Crippen LogP contribution < -0.4 is 14.8 Å². The van der Waals surface area contributed by atoms with Crippen molar-refractivity contribution in [3.63, 3.8) is 0 Å². The summed E-state index contributed by atoms with van der Waals surface area (Å²) in [6.45, 7) is 5.41. The van der Waals surface area contributed by atoms with Crippen molar-refractivity contribution in [2.75, 3.05) is 13.7 Å². The first-order valence-electron chi connectivity index (χ1n) is 7.00. The second-order valence-electron chi connectivity index (χ2n) is 4.64. The minimum absolute atomic E-state index is 0.271. The number of ether oxygens (including phenoxy) is 2. The van der Waals surface area contributed by atoms with Crippen LogP contribution in [0.15, 0.2) is 12.1 Å². The summed E-state index contributed by atoms with van der Waals surface area (Å²) in [5, 5.41) is 12.7. The van der Waals surface area contributed by atoms with Gasteiger partial charge >= 0.3 is 5.97 Å². The highest BCUT2D eigenvalue weighted by Crippen LogP contribution is 2.37. The Labute approximate surface area is 130 Å². The molecule has 1 aromatic carbocycles. The second kappa shape index (κ2) is 8.74. The smallest absolute Gasteiger partial charge is 0.344 e. The normalized spacial score (nSPS) is 12.0. The van der Waals surface area contributed by atoms with Crippen molar-refractivity contribution >= 4 is 17.6 Å². The van der Waals surface area contributed by atoms with E-state index in [9.17, 15) is 4.79 Å². The Kier molecular flexibility index (Phi) is 7.32. The number of halogens is 1. The summed E-state index contributed by atoms with van der Waals surface area (Å²) < 4.78 is 10.7. The van der Waals surface area contributed by atoms with Crippen LogP contribution in [-0.4, -0.2) is 30.8 Å². The zero-order valence-corrected chi connectivity index (χ0v) is 13.4. The van der Waals surface area contributed by atoms with E-state index in [1.165, 1.54) is 7.11 Å². The number of hydrogen-bond donors (Lipinski definition) is 2. The van der Waals surface area contributed by atoms with Crippen LogP contribution in [0, 0.1) is 0 Å². The van der Waals surface area contributed by atoms with E-state index in [-0.39, 0.29) is 5.75 Å². The van der Waals surface area contributed by atoms with Gasteiger partial charge in [0.1, 0.15) is 0 Å². The summed E-state index contributed by atoms with van der Waals surface area (Å²) in [7, 11) is 1.50. The van der Waals surface area contributed by atoms with Crippen molar-refractivity contribution in [2.24, 2.45) is 0 Å². The largest absolute Gasteiger partial charge is 0.493 e. The van der Waals surface area contributed by atoms with E-state index in [1.807, 2.05) is 0 Å². The van der Waals surface area contributed by atoms with Crippen LogP contribution in [0.3, 0.4) is 0 Å². The van der Waals surface area contributed by atoms with Gasteiger partial charge in [0.05, 0.1) is 12.1 Å². The number of carboxylic acids is 1. The van der Waals surface area contributed by atoms with Gasteiger partial charge in [0, 0.05) is 6.54 Å². The summed E-state index contributed by atoms with van der Waals surface area (Å²) in [6, 6.07) is 3.56. The second-order valence-corrected chi connectivity index (χ2v) is 5.05. The molecule has 0 saturated heterocycles. The minimum atomic E-state index is -1.02. The molecule has 0 aliphatic heterocycles. The van der Waals surface area contributed by atoms with Gasteiger partial charge in [0.25, 0.3) is 0 Å². The van der Waals surface area contributed by atoms with Gasteiger partial charge in [0.2, 0.25) is 0 Å². The molecule has 1 atom stereocenters. The molecule has 0 aliphatic rings. The van der Waals surface area contributed by atoms with Gasteiger partial charge in [0.15, 0.2) is 17.6 Å². The summed E-state index contributed by atoms with van der Waals surface area (Å²) in [4.78, 5) is 11.1. The van der Waals surface area contributed by atoms with Gasteiger partial charge in [-0.1, -0.05) is 25.4 Å². The molecule has 1 aromatic rings. The predicted octanol–water partition coefficient (Wildman–Crippen LogP) is 3.09. The summed E-state index contributed by atoms with van der Waals surface area (Å²) in [5.41, 5.74) is 0.959. The van der Waals surface area contributed by atoms with Gasteiger partial charge in [-0.2, -0.15) is 0 Å². The first-order valence-corrected chi connectivity index (χ1v) is 7.37. The van der Waals surface area contributed by atoms with Crippen LogP contribution in [0.25, 0.3) is 0 Å². The molecule has 2 N–H and O–H groups in total. The fourth-order valence-corrected chi connectivity index (χ4v) is 2.13. The molecule has 0 amide bonds. The maximum atomic E-state index is 11.1. The Morgan fingerprint density at radius 1 is 1.43 bits per heavy atom. The van der Waals surface area contributed by atoms with Crippen molar-refractivity contribution in [1.82, 2.24) is 5.32 Å². The Morgan fingerprint density at radius 3 is 2.67 bits per heavy atom. The number of carbonyl (C=O) groups is 1. The van der Waals surface area contributed by atoms with Crippen LogP contribution in [0.1, 0.15) is 32.3 Å². The molecule has 118 valence electrons. The maximum Gasteiger partial charge on any atom is 0.344 e. The standard InChI is InChI=1S/C15H22ClNO4/c1-4-6-17-9-10-7-11(16)14(13(8-10)20-3)21-12(5-2)15(18)19/h7-8,12,17H,4-6,9H2,1-3H3,(H,18,19). The predicted molar refractivity (Wildman–Crippen MR) is 82.3 cm³/mol. The average Bonchev–Trinajstić information content (AvgIpc) is 2.45. The highest BCUT2D eigenvalue weighted by molar-refractivity contribution is 6.32. The molecule has 0 aromatic heterocycles. The van der Waals surface area contributed by atoms with E-state index in [0.29, 0.717) is 23.7 Å². The molecule has 0 radical (unpaired) electrons. The SMILES string of the molecule is CCCNCc1cc(Cl)c(OC(CC)C(=O)O)c(OC)c1. The Hall–Kier alpha value is -1.46. The molecular formula is C15H22ClNO4. The number of aliphatic carboxylic acids is 1. The molecule has 0 spiro atoms. The van der Waals surface area contributed by atoms with E-state index in [1.54, 1.807) is 19.1 Å². The number of methoxy groups -OCH3 is 1. The first kappa shape index (κ1) is 17.6. The number of nitrogens with one attached hydrogen (secondary N) is 1. The van der Waals surface area contributed by atoms with Gasteiger partial charge in [-0.05, 0) is 37.1 Å². The molecule has 0 bridgehead atoms. The van der Waals surface area contributed by atoms with E-state index < -0.39 is 12.1 Å². The third kappa shape index (κ3) is 5.10. The zero-order valence-electron chi connectivity index (χ0n) is 12.6. The molecule has 1 rings (SSSR count). The van der Waals surface area contributed by atoms with Crippen molar-refractivity contribution in [2.45, 2.75) is 39.3 Å².